The molecule has 1 saturated carbocycles. The number of halogens is 1. The number of aryl methyl sites for hydroxylation is 1. The monoisotopic (exact) mass is 306 g/mol. The third-order valence-electron chi connectivity index (χ3n) is 3.47. The lowest BCUT2D eigenvalue weighted by Crippen LogP contribution is -2.27. The van der Waals surface area contributed by atoms with Gasteiger partial charge in [-0.2, -0.15) is 10.2 Å². The predicted octanol–water partition coefficient (Wildman–Crippen LogP) is 3.79. The highest BCUT2D eigenvalue weighted by atomic mass is 35.5. The summed E-state index contributed by atoms with van der Waals surface area (Å²) >= 11 is 7.74. The Morgan fingerprint density at radius 1 is 1.50 bits per heavy atom. The number of rotatable bonds is 5. The van der Waals surface area contributed by atoms with Gasteiger partial charge in [0, 0.05) is 17.5 Å². The largest absolute Gasteiger partial charge is 0.352 e. The van der Waals surface area contributed by atoms with E-state index in [2.05, 4.69) is 33.9 Å². The van der Waals surface area contributed by atoms with Crippen LogP contribution in [0.4, 0.5) is 5.82 Å². The Morgan fingerprint density at radius 3 is 2.95 bits per heavy atom. The molecule has 0 spiro atoms. The van der Waals surface area contributed by atoms with Crippen LogP contribution in [0.2, 0.25) is 5.28 Å². The molecule has 0 atom stereocenters. The van der Waals surface area contributed by atoms with Crippen LogP contribution >= 0.6 is 22.9 Å². The van der Waals surface area contributed by atoms with Crippen molar-refractivity contribution >= 4 is 39.0 Å². The lowest BCUT2D eigenvalue weighted by molar-refractivity contribution is 0.781. The molecule has 0 saturated heterocycles. The first-order valence-electron chi connectivity index (χ1n) is 6.82. The minimum absolute atomic E-state index is 0.291. The molecule has 104 valence electrons. The summed E-state index contributed by atoms with van der Waals surface area (Å²) < 4.78 is 0. The number of anilines is 1. The van der Waals surface area contributed by atoms with Gasteiger partial charge in [0.2, 0.25) is 5.28 Å². The molecule has 0 aliphatic heterocycles. The van der Waals surface area contributed by atoms with Crippen molar-refractivity contribution in [2.24, 2.45) is 0 Å². The normalized spacial score (nSPS) is 14.4. The smallest absolute Gasteiger partial charge is 0.225 e. The van der Waals surface area contributed by atoms with Crippen LogP contribution in [0.25, 0.3) is 10.2 Å². The van der Waals surface area contributed by atoms with Crippen molar-refractivity contribution in [3.8, 4) is 6.07 Å². The fourth-order valence-corrected chi connectivity index (χ4v) is 3.52. The molecule has 20 heavy (non-hydrogen) atoms. The average molecular weight is 307 g/mol. The van der Waals surface area contributed by atoms with Gasteiger partial charge in [0.05, 0.1) is 17.9 Å². The Hall–Kier alpha value is -1.38. The van der Waals surface area contributed by atoms with Gasteiger partial charge in [0.25, 0.3) is 0 Å². The highest BCUT2D eigenvalue weighted by molar-refractivity contribution is 7.18. The second-order valence-electron chi connectivity index (χ2n) is 4.93. The summed E-state index contributed by atoms with van der Waals surface area (Å²) in [6.07, 6.45) is 3.82. The van der Waals surface area contributed by atoms with Gasteiger partial charge in [-0.3, -0.25) is 0 Å². The van der Waals surface area contributed by atoms with E-state index in [1.807, 2.05) is 0 Å². The maximum Gasteiger partial charge on any atom is 0.225 e. The molecule has 0 amide bonds. The first-order chi connectivity index (χ1) is 9.72. The fourth-order valence-electron chi connectivity index (χ4n) is 2.34. The average Bonchev–Trinajstić information content (AvgIpc) is 3.18. The van der Waals surface area contributed by atoms with E-state index in [1.54, 1.807) is 11.3 Å². The zero-order valence-electron chi connectivity index (χ0n) is 11.3. The standard InChI is InChI=1S/C14H15ClN4S/c1-2-10-8-11-12(17-14(15)18-13(11)20-10)19(7-3-6-16)9-4-5-9/h8-9H,2-5,7H2,1H3. The molecule has 0 radical (unpaired) electrons. The van der Waals surface area contributed by atoms with Crippen molar-refractivity contribution in [1.82, 2.24) is 9.97 Å². The molecule has 0 aromatic carbocycles. The van der Waals surface area contributed by atoms with Crippen molar-refractivity contribution in [2.75, 3.05) is 11.4 Å². The van der Waals surface area contributed by atoms with Crippen molar-refractivity contribution in [1.29, 1.82) is 5.26 Å². The fraction of sp³-hybridized carbons (Fsp3) is 0.500. The number of hydrogen-bond acceptors (Lipinski definition) is 5. The summed E-state index contributed by atoms with van der Waals surface area (Å²) in [5.41, 5.74) is 0. The minimum atomic E-state index is 0.291. The second-order valence-corrected chi connectivity index (χ2v) is 6.39. The molecule has 2 aromatic heterocycles. The van der Waals surface area contributed by atoms with Crippen LogP contribution in [0.3, 0.4) is 0 Å². The predicted molar refractivity (Wildman–Crippen MR) is 82.4 cm³/mol. The maximum atomic E-state index is 8.84. The van der Waals surface area contributed by atoms with Gasteiger partial charge >= 0.3 is 0 Å². The van der Waals surface area contributed by atoms with Crippen molar-refractivity contribution < 1.29 is 0 Å². The summed E-state index contributed by atoms with van der Waals surface area (Å²) in [5.74, 6) is 0.897. The zero-order valence-corrected chi connectivity index (χ0v) is 12.8. The second kappa shape index (κ2) is 5.55. The van der Waals surface area contributed by atoms with E-state index in [9.17, 15) is 0 Å². The van der Waals surface area contributed by atoms with Crippen LogP contribution in [-0.4, -0.2) is 22.6 Å². The highest BCUT2D eigenvalue weighted by Gasteiger charge is 2.31. The number of aromatic nitrogens is 2. The number of fused-ring (bicyclic) bond motifs is 1. The van der Waals surface area contributed by atoms with Crippen LogP contribution in [0.1, 0.15) is 31.1 Å². The van der Waals surface area contributed by atoms with Crippen molar-refractivity contribution in [3.05, 3.63) is 16.2 Å². The van der Waals surface area contributed by atoms with E-state index in [-0.39, 0.29) is 0 Å². The number of nitriles is 1. The topological polar surface area (TPSA) is 52.8 Å². The van der Waals surface area contributed by atoms with Crippen molar-refractivity contribution in [3.63, 3.8) is 0 Å². The zero-order chi connectivity index (χ0) is 14.1. The maximum absolute atomic E-state index is 8.84. The van der Waals surface area contributed by atoms with Gasteiger partial charge in [0.1, 0.15) is 10.6 Å². The van der Waals surface area contributed by atoms with Crippen molar-refractivity contribution in [2.45, 2.75) is 38.6 Å². The Balaban J connectivity index is 2.07. The van der Waals surface area contributed by atoms with E-state index in [0.717, 1.165) is 22.5 Å². The summed E-state index contributed by atoms with van der Waals surface area (Å²) in [5, 5.41) is 10.2. The number of nitrogens with zero attached hydrogens (tertiary/aromatic N) is 4. The Labute approximate surface area is 127 Å². The first-order valence-corrected chi connectivity index (χ1v) is 8.02. The van der Waals surface area contributed by atoms with E-state index in [1.165, 1.54) is 17.7 Å². The van der Waals surface area contributed by atoms with E-state index in [4.69, 9.17) is 16.9 Å². The van der Waals surface area contributed by atoms with Gasteiger partial charge in [-0.05, 0) is 36.9 Å². The van der Waals surface area contributed by atoms with Crippen LogP contribution in [0, 0.1) is 11.3 Å². The molecule has 3 rings (SSSR count). The first kappa shape index (κ1) is 13.6. The summed E-state index contributed by atoms with van der Waals surface area (Å²) in [7, 11) is 0. The molecule has 6 heteroatoms. The Bertz CT molecular complexity index is 672. The summed E-state index contributed by atoms with van der Waals surface area (Å²) in [6.45, 7) is 2.84. The number of thiophene rings is 1. The number of hydrogen-bond donors (Lipinski definition) is 0. The van der Waals surface area contributed by atoms with Gasteiger partial charge < -0.3 is 4.90 Å². The lowest BCUT2D eigenvalue weighted by atomic mass is 10.2. The van der Waals surface area contributed by atoms with Crippen LogP contribution in [0.15, 0.2) is 6.07 Å². The minimum Gasteiger partial charge on any atom is -0.352 e. The third kappa shape index (κ3) is 2.58. The molecule has 1 aliphatic rings. The highest BCUT2D eigenvalue weighted by Crippen LogP contribution is 2.37. The van der Waals surface area contributed by atoms with Gasteiger partial charge in [0.15, 0.2) is 0 Å². The quantitative estimate of drug-likeness (QED) is 0.789. The molecule has 2 heterocycles. The van der Waals surface area contributed by atoms with Gasteiger partial charge in [-0.15, -0.1) is 11.3 Å². The van der Waals surface area contributed by atoms with Gasteiger partial charge in [-0.1, -0.05) is 6.92 Å². The molecule has 1 aliphatic carbocycles. The summed E-state index contributed by atoms with van der Waals surface area (Å²) in [6, 6.07) is 4.88. The third-order valence-corrected chi connectivity index (χ3v) is 4.81. The molecule has 0 unspecified atom stereocenters. The molecule has 2 aromatic rings. The molecule has 4 nitrogen and oxygen atoms in total. The lowest BCUT2D eigenvalue weighted by Gasteiger charge is -2.23. The van der Waals surface area contributed by atoms with Crippen LogP contribution < -0.4 is 4.90 Å². The van der Waals surface area contributed by atoms with Crippen LogP contribution in [0.5, 0.6) is 0 Å². The molecular formula is C14H15ClN4S. The van der Waals surface area contributed by atoms with Crippen LogP contribution in [-0.2, 0) is 6.42 Å². The molecular weight excluding hydrogens is 292 g/mol. The van der Waals surface area contributed by atoms with E-state index >= 15 is 0 Å². The Kier molecular flexibility index (Phi) is 3.77. The molecule has 0 bridgehead atoms. The van der Waals surface area contributed by atoms with E-state index < -0.39 is 0 Å². The molecule has 0 N–H and O–H groups in total. The summed E-state index contributed by atoms with van der Waals surface area (Å²) in [4.78, 5) is 13.2. The SMILES string of the molecule is CCc1cc2c(N(CCC#N)C3CC3)nc(Cl)nc2s1. The molecule has 1 fully saturated rings. The Morgan fingerprint density at radius 2 is 2.30 bits per heavy atom. The van der Waals surface area contributed by atoms with Gasteiger partial charge in [-0.25, -0.2) is 4.98 Å². The van der Waals surface area contributed by atoms with E-state index in [0.29, 0.717) is 24.3 Å².